The highest BCUT2D eigenvalue weighted by Gasteiger charge is 2.24. The molecule has 0 heterocycles. The van der Waals surface area contributed by atoms with Crippen molar-refractivity contribution in [2.45, 2.75) is 45.6 Å². The molecule has 1 N–H and O–H groups in total. The summed E-state index contributed by atoms with van der Waals surface area (Å²) in [5.41, 5.74) is 0. The van der Waals surface area contributed by atoms with Crippen molar-refractivity contribution in [2.24, 2.45) is 0 Å². The summed E-state index contributed by atoms with van der Waals surface area (Å²) in [7, 11) is 0. The molecule has 4 heteroatoms. The fraction of sp³-hybridized carbons (Fsp3) is 0.923. The summed E-state index contributed by atoms with van der Waals surface area (Å²) >= 11 is 0. The average Bonchev–Trinajstić information content (AvgIpc) is 2.81. The van der Waals surface area contributed by atoms with E-state index in [4.69, 9.17) is 5.11 Å². The summed E-state index contributed by atoms with van der Waals surface area (Å²) in [5.74, 6) is -0.698. The van der Waals surface area contributed by atoms with Gasteiger partial charge < -0.3 is 10.0 Å². The molecule has 100 valence electrons. The molecule has 1 saturated carbocycles. The zero-order chi connectivity index (χ0) is 12.7. The minimum atomic E-state index is -0.698. The first-order valence-electron chi connectivity index (χ1n) is 6.85. The quantitative estimate of drug-likeness (QED) is 0.703. The second-order valence-corrected chi connectivity index (χ2v) is 4.83. The van der Waals surface area contributed by atoms with Crippen molar-refractivity contribution in [3.8, 4) is 0 Å². The first-order chi connectivity index (χ1) is 8.17. The van der Waals surface area contributed by atoms with Gasteiger partial charge in [-0.3, -0.25) is 9.69 Å². The predicted octanol–water partition coefficient (Wildman–Crippen LogP) is 1.66. The van der Waals surface area contributed by atoms with Gasteiger partial charge in [0.25, 0.3) is 0 Å². The number of carboxylic acids is 1. The van der Waals surface area contributed by atoms with E-state index in [1.54, 1.807) is 0 Å². The van der Waals surface area contributed by atoms with Crippen molar-refractivity contribution in [2.75, 3.05) is 32.7 Å². The van der Waals surface area contributed by atoms with E-state index < -0.39 is 5.97 Å². The van der Waals surface area contributed by atoms with E-state index in [1.807, 2.05) is 0 Å². The summed E-state index contributed by atoms with van der Waals surface area (Å²) in [4.78, 5) is 15.4. The minimum absolute atomic E-state index is 0.200. The lowest BCUT2D eigenvalue weighted by Gasteiger charge is -2.29. The molecule has 0 spiro atoms. The molecule has 0 radical (unpaired) electrons. The maximum Gasteiger partial charge on any atom is 0.317 e. The molecule has 0 aromatic rings. The Morgan fingerprint density at radius 1 is 1.18 bits per heavy atom. The molecule has 1 aliphatic rings. The molecule has 0 bridgehead atoms. The van der Waals surface area contributed by atoms with Crippen LogP contribution in [0, 0.1) is 0 Å². The van der Waals surface area contributed by atoms with Gasteiger partial charge in [-0.2, -0.15) is 0 Å². The molecule has 0 aromatic carbocycles. The topological polar surface area (TPSA) is 43.8 Å². The van der Waals surface area contributed by atoms with Gasteiger partial charge >= 0.3 is 5.97 Å². The van der Waals surface area contributed by atoms with Crippen LogP contribution in [0.25, 0.3) is 0 Å². The number of likely N-dealkylation sites (N-methyl/N-ethyl adjacent to an activating group) is 1. The van der Waals surface area contributed by atoms with Crippen LogP contribution in [0.15, 0.2) is 0 Å². The van der Waals surface area contributed by atoms with Crippen molar-refractivity contribution in [3.05, 3.63) is 0 Å². The van der Waals surface area contributed by atoms with Gasteiger partial charge in [-0.25, -0.2) is 0 Å². The summed E-state index contributed by atoms with van der Waals surface area (Å²) < 4.78 is 0. The third-order valence-electron chi connectivity index (χ3n) is 3.78. The third-order valence-corrected chi connectivity index (χ3v) is 3.78. The Bertz CT molecular complexity index is 223. The van der Waals surface area contributed by atoms with E-state index in [0.717, 1.165) is 26.2 Å². The van der Waals surface area contributed by atoms with Crippen LogP contribution >= 0.6 is 0 Å². The van der Waals surface area contributed by atoms with Gasteiger partial charge in [0.2, 0.25) is 0 Å². The normalized spacial score (nSPS) is 17.2. The molecular formula is C13H26N2O2. The fourth-order valence-corrected chi connectivity index (χ4v) is 2.64. The summed E-state index contributed by atoms with van der Waals surface area (Å²) in [6.07, 6.45) is 4.86. The molecule has 0 amide bonds. The van der Waals surface area contributed by atoms with E-state index in [2.05, 4.69) is 23.6 Å². The number of carbonyl (C=O) groups is 1. The van der Waals surface area contributed by atoms with Crippen LogP contribution in [0.1, 0.15) is 39.5 Å². The minimum Gasteiger partial charge on any atom is -0.480 e. The van der Waals surface area contributed by atoms with Crippen molar-refractivity contribution >= 4 is 5.97 Å². The molecule has 1 rings (SSSR count). The largest absolute Gasteiger partial charge is 0.480 e. The zero-order valence-corrected chi connectivity index (χ0v) is 11.2. The Kier molecular flexibility index (Phi) is 6.52. The first-order valence-corrected chi connectivity index (χ1v) is 6.85. The van der Waals surface area contributed by atoms with Gasteiger partial charge in [0.15, 0.2) is 0 Å². The zero-order valence-electron chi connectivity index (χ0n) is 11.2. The van der Waals surface area contributed by atoms with Crippen LogP contribution in [0.4, 0.5) is 0 Å². The highest BCUT2D eigenvalue weighted by molar-refractivity contribution is 5.69. The number of hydrogen-bond acceptors (Lipinski definition) is 3. The molecule has 0 aromatic heterocycles. The van der Waals surface area contributed by atoms with Crippen LogP contribution in [-0.4, -0.2) is 59.6 Å². The molecule has 17 heavy (non-hydrogen) atoms. The Morgan fingerprint density at radius 2 is 1.76 bits per heavy atom. The highest BCUT2D eigenvalue weighted by Crippen LogP contribution is 2.23. The summed E-state index contributed by atoms with van der Waals surface area (Å²) in [6, 6.07) is 0.502. The van der Waals surface area contributed by atoms with Gasteiger partial charge in [0, 0.05) is 19.1 Å². The van der Waals surface area contributed by atoms with Crippen molar-refractivity contribution < 1.29 is 9.90 Å². The number of nitrogens with zero attached hydrogens (tertiary/aromatic N) is 2. The van der Waals surface area contributed by atoms with E-state index in [9.17, 15) is 4.79 Å². The number of carboxylic acid groups (broad SMARTS) is 1. The molecule has 0 saturated heterocycles. The fourth-order valence-electron chi connectivity index (χ4n) is 2.64. The van der Waals surface area contributed by atoms with Crippen LogP contribution in [0.3, 0.4) is 0 Å². The third kappa shape index (κ3) is 5.04. The standard InChI is InChI=1S/C13H26N2O2/c1-3-14(4-2)9-10-15(11-13(16)17)12-7-5-6-8-12/h12H,3-11H2,1-2H3,(H,16,17). The van der Waals surface area contributed by atoms with Crippen molar-refractivity contribution in [1.82, 2.24) is 9.80 Å². The van der Waals surface area contributed by atoms with E-state index in [1.165, 1.54) is 25.7 Å². The SMILES string of the molecule is CCN(CC)CCN(CC(=O)O)C1CCCC1. The maximum absolute atomic E-state index is 10.9. The van der Waals surface area contributed by atoms with E-state index in [0.29, 0.717) is 6.04 Å². The Labute approximate surface area is 105 Å². The molecule has 0 atom stereocenters. The number of rotatable bonds is 8. The van der Waals surface area contributed by atoms with Gasteiger partial charge in [-0.15, -0.1) is 0 Å². The number of hydrogen-bond donors (Lipinski definition) is 1. The summed E-state index contributed by atoms with van der Waals surface area (Å²) in [6.45, 7) is 8.47. The predicted molar refractivity (Wildman–Crippen MR) is 69.3 cm³/mol. The second-order valence-electron chi connectivity index (χ2n) is 4.83. The van der Waals surface area contributed by atoms with Crippen molar-refractivity contribution in [3.63, 3.8) is 0 Å². The molecule has 1 fully saturated rings. The number of aliphatic carboxylic acids is 1. The van der Waals surface area contributed by atoms with Gasteiger partial charge in [-0.05, 0) is 25.9 Å². The van der Waals surface area contributed by atoms with Gasteiger partial charge in [0.05, 0.1) is 6.54 Å². The smallest absolute Gasteiger partial charge is 0.317 e. The molecule has 0 aliphatic heterocycles. The lowest BCUT2D eigenvalue weighted by molar-refractivity contribution is -0.139. The van der Waals surface area contributed by atoms with Gasteiger partial charge in [0.1, 0.15) is 0 Å². The molecular weight excluding hydrogens is 216 g/mol. The molecule has 4 nitrogen and oxygen atoms in total. The lowest BCUT2D eigenvalue weighted by Crippen LogP contribution is -2.42. The first kappa shape index (κ1) is 14.5. The lowest BCUT2D eigenvalue weighted by atomic mass is 10.2. The highest BCUT2D eigenvalue weighted by atomic mass is 16.4. The van der Waals surface area contributed by atoms with Crippen LogP contribution in [-0.2, 0) is 4.79 Å². The Morgan fingerprint density at radius 3 is 2.24 bits per heavy atom. The summed E-state index contributed by atoms with van der Waals surface area (Å²) in [5, 5.41) is 8.97. The van der Waals surface area contributed by atoms with Gasteiger partial charge in [-0.1, -0.05) is 26.7 Å². The van der Waals surface area contributed by atoms with E-state index >= 15 is 0 Å². The van der Waals surface area contributed by atoms with E-state index in [-0.39, 0.29) is 6.54 Å². The second kappa shape index (κ2) is 7.67. The average molecular weight is 242 g/mol. The monoisotopic (exact) mass is 242 g/mol. The Hall–Kier alpha value is -0.610. The maximum atomic E-state index is 10.9. The van der Waals surface area contributed by atoms with Crippen LogP contribution in [0.2, 0.25) is 0 Å². The van der Waals surface area contributed by atoms with Crippen LogP contribution in [0.5, 0.6) is 0 Å². The van der Waals surface area contributed by atoms with Crippen LogP contribution < -0.4 is 0 Å². The Balaban J connectivity index is 2.42. The molecule has 0 unspecified atom stereocenters. The van der Waals surface area contributed by atoms with Crippen molar-refractivity contribution in [1.29, 1.82) is 0 Å². The molecule has 1 aliphatic carbocycles.